The smallest absolute Gasteiger partial charge is 0.222 e. The first-order valence-electron chi connectivity index (χ1n) is 11.7. The van der Waals surface area contributed by atoms with E-state index in [1.165, 1.54) is 32.2 Å². The Balaban J connectivity index is 1.51. The van der Waals surface area contributed by atoms with E-state index in [1.54, 1.807) is 19.8 Å². The van der Waals surface area contributed by atoms with Gasteiger partial charge in [0, 0.05) is 45.8 Å². The number of amides is 1. The molecule has 170 valence electrons. The van der Waals surface area contributed by atoms with Crippen molar-refractivity contribution in [3.63, 3.8) is 0 Å². The van der Waals surface area contributed by atoms with E-state index in [0.29, 0.717) is 24.3 Å². The minimum absolute atomic E-state index is 0.305. The SMILES string of the molecule is CCN1CCCC1CN(CC1CCN(CCOC)CC1)C(=O)CCCn1cncn1. The minimum Gasteiger partial charge on any atom is -0.383 e. The van der Waals surface area contributed by atoms with Gasteiger partial charge in [-0.3, -0.25) is 14.4 Å². The summed E-state index contributed by atoms with van der Waals surface area (Å²) in [4.78, 5) is 24.4. The molecule has 0 spiro atoms. The third-order valence-corrected chi connectivity index (χ3v) is 6.73. The zero-order valence-electron chi connectivity index (χ0n) is 18.9. The van der Waals surface area contributed by atoms with Gasteiger partial charge < -0.3 is 14.5 Å². The van der Waals surface area contributed by atoms with Gasteiger partial charge in [0.15, 0.2) is 0 Å². The molecule has 1 amide bonds. The van der Waals surface area contributed by atoms with Gasteiger partial charge in [0.1, 0.15) is 12.7 Å². The van der Waals surface area contributed by atoms with Crippen molar-refractivity contribution in [2.45, 2.75) is 58.0 Å². The van der Waals surface area contributed by atoms with E-state index in [9.17, 15) is 4.79 Å². The molecule has 3 heterocycles. The summed E-state index contributed by atoms with van der Waals surface area (Å²) in [5.74, 6) is 0.916. The number of aryl methyl sites for hydroxylation is 1. The highest BCUT2D eigenvalue weighted by Gasteiger charge is 2.29. The maximum Gasteiger partial charge on any atom is 0.222 e. The van der Waals surface area contributed by atoms with Crippen LogP contribution >= 0.6 is 0 Å². The van der Waals surface area contributed by atoms with E-state index < -0.39 is 0 Å². The van der Waals surface area contributed by atoms with Crippen molar-refractivity contribution in [3.8, 4) is 0 Å². The van der Waals surface area contributed by atoms with Crippen molar-refractivity contribution in [2.24, 2.45) is 5.92 Å². The summed E-state index contributed by atoms with van der Waals surface area (Å²) in [7, 11) is 1.77. The molecule has 1 aromatic rings. The van der Waals surface area contributed by atoms with Crippen LogP contribution in [-0.4, -0.2) is 101 Å². The van der Waals surface area contributed by atoms with E-state index >= 15 is 0 Å². The Kier molecular flexibility index (Phi) is 9.55. The van der Waals surface area contributed by atoms with Crippen molar-refractivity contribution in [3.05, 3.63) is 12.7 Å². The van der Waals surface area contributed by atoms with E-state index in [-0.39, 0.29) is 0 Å². The second kappa shape index (κ2) is 12.4. The number of hydrogen-bond acceptors (Lipinski definition) is 6. The van der Waals surface area contributed by atoms with Gasteiger partial charge in [-0.2, -0.15) is 5.10 Å². The summed E-state index contributed by atoms with van der Waals surface area (Å²) in [6.45, 7) is 11.1. The number of nitrogens with zero attached hydrogens (tertiary/aromatic N) is 6. The lowest BCUT2D eigenvalue weighted by Gasteiger charge is -2.36. The lowest BCUT2D eigenvalue weighted by Crippen LogP contribution is -2.46. The lowest BCUT2D eigenvalue weighted by atomic mass is 9.95. The molecule has 1 atom stereocenters. The summed E-state index contributed by atoms with van der Waals surface area (Å²) < 4.78 is 7.03. The van der Waals surface area contributed by atoms with Gasteiger partial charge in [-0.15, -0.1) is 0 Å². The van der Waals surface area contributed by atoms with Crippen LogP contribution in [0.5, 0.6) is 0 Å². The average molecular weight is 421 g/mol. The number of rotatable bonds is 12. The van der Waals surface area contributed by atoms with Crippen LogP contribution in [0.1, 0.15) is 45.4 Å². The van der Waals surface area contributed by atoms with Crippen LogP contribution in [0.15, 0.2) is 12.7 Å². The van der Waals surface area contributed by atoms with Crippen molar-refractivity contribution in [2.75, 3.05) is 59.5 Å². The molecular weight excluding hydrogens is 380 g/mol. The summed E-state index contributed by atoms with van der Waals surface area (Å²) >= 11 is 0. The van der Waals surface area contributed by atoms with Crippen molar-refractivity contribution in [1.82, 2.24) is 29.5 Å². The summed E-state index contributed by atoms with van der Waals surface area (Å²) in [5, 5.41) is 4.14. The number of aromatic nitrogens is 3. The second-order valence-corrected chi connectivity index (χ2v) is 8.76. The zero-order valence-corrected chi connectivity index (χ0v) is 18.9. The van der Waals surface area contributed by atoms with Gasteiger partial charge in [-0.05, 0) is 64.2 Å². The number of carbonyl (C=O) groups is 1. The molecule has 0 radical (unpaired) electrons. The standard InChI is InChI=1S/C22H40N6O2/c1-3-26-10-4-6-21(26)17-27(22(29)7-5-11-28-19-23-18-24-28)16-20-8-12-25(13-9-20)14-15-30-2/h18-21H,3-17H2,1-2H3. The van der Waals surface area contributed by atoms with Crippen molar-refractivity contribution < 1.29 is 9.53 Å². The number of piperidine rings is 1. The third kappa shape index (κ3) is 7.03. The Morgan fingerprint density at radius 3 is 2.70 bits per heavy atom. The molecule has 2 saturated heterocycles. The van der Waals surface area contributed by atoms with Gasteiger partial charge in [-0.1, -0.05) is 6.92 Å². The fourth-order valence-corrected chi connectivity index (χ4v) is 4.87. The molecule has 3 rings (SSSR count). The monoisotopic (exact) mass is 420 g/mol. The highest BCUT2D eigenvalue weighted by atomic mass is 16.5. The van der Waals surface area contributed by atoms with Crippen molar-refractivity contribution >= 4 is 5.91 Å². The van der Waals surface area contributed by atoms with Gasteiger partial charge in [0.2, 0.25) is 5.91 Å². The first-order valence-corrected chi connectivity index (χ1v) is 11.7. The van der Waals surface area contributed by atoms with E-state index in [0.717, 1.165) is 58.8 Å². The minimum atomic E-state index is 0.305. The summed E-state index contributed by atoms with van der Waals surface area (Å²) in [6, 6.07) is 0.524. The maximum absolute atomic E-state index is 13.2. The second-order valence-electron chi connectivity index (χ2n) is 8.76. The molecule has 2 aliphatic heterocycles. The van der Waals surface area contributed by atoms with Crippen LogP contribution in [-0.2, 0) is 16.1 Å². The highest BCUT2D eigenvalue weighted by molar-refractivity contribution is 5.76. The molecule has 8 nitrogen and oxygen atoms in total. The van der Waals surface area contributed by atoms with E-state index in [2.05, 4.69) is 31.7 Å². The number of methoxy groups -OCH3 is 1. The molecule has 0 aliphatic carbocycles. The Hall–Kier alpha value is -1.51. The molecule has 2 fully saturated rings. The predicted octanol–water partition coefficient (Wildman–Crippen LogP) is 1.73. The van der Waals surface area contributed by atoms with Crippen LogP contribution in [0.25, 0.3) is 0 Å². The van der Waals surface area contributed by atoms with Crippen molar-refractivity contribution in [1.29, 1.82) is 0 Å². The fourth-order valence-electron chi connectivity index (χ4n) is 4.87. The lowest BCUT2D eigenvalue weighted by molar-refractivity contribution is -0.133. The molecule has 0 N–H and O–H groups in total. The molecule has 1 aromatic heterocycles. The largest absolute Gasteiger partial charge is 0.383 e. The van der Waals surface area contributed by atoms with E-state index in [4.69, 9.17) is 4.74 Å². The molecule has 30 heavy (non-hydrogen) atoms. The number of likely N-dealkylation sites (tertiary alicyclic amines) is 2. The molecule has 1 unspecified atom stereocenters. The Labute approximate surface area is 181 Å². The molecule has 0 aromatic carbocycles. The third-order valence-electron chi connectivity index (χ3n) is 6.73. The van der Waals surface area contributed by atoms with Crippen LogP contribution in [0.2, 0.25) is 0 Å². The van der Waals surface area contributed by atoms with Gasteiger partial charge >= 0.3 is 0 Å². The van der Waals surface area contributed by atoms with Gasteiger partial charge in [0.25, 0.3) is 0 Å². The summed E-state index contributed by atoms with van der Waals surface area (Å²) in [5.41, 5.74) is 0. The maximum atomic E-state index is 13.2. The van der Waals surface area contributed by atoms with Gasteiger partial charge in [-0.25, -0.2) is 4.98 Å². The predicted molar refractivity (Wildman–Crippen MR) is 117 cm³/mol. The Morgan fingerprint density at radius 2 is 2.00 bits per heavy atom. The normalized spacial score (nSPS) is 21.3. The topological polar surface area (TPSA) is 66.7 Å². The highest BCUT2D eigenvalue weighted by Crippen LogP contribution is 2.22. The van der Waals surface area contributed by atoms with Gasteiger partial charge in [0.05, 0.1) is 6.61 Å². The number of carbonyl (C=O) groups excluding carboxylic acids is 1. The first-order chi connectivity index (χ1) is 14.7. The first kappa shape index (κ1) is 23.2. The van der Waals surface area contributed by atoms with Crippen LogP contribution in [0.3, 0.4) is 0 Å². The Morgan fingerprint density at radius 1 is 1.17 bits per heavy atom. The number of likely N-dealkylation sites (N-methyl/N-ethyl adjacent to an activating group) is 1. The molecule has 0 saturated carbocycles. The molecule has 8 heteroatoms. The quantitative estimate of drug-likeness (QED) is 0.513. The molecular formula is C22H40N6O2. The van der Waals surface area contributed by atoms with Crippen LogP contribution in [0.4, 0.5) is 0 Å². The Bertz CT molecular complexity index is 603. The van der Waals surface area contributed by atoms with Crippen LogP contribution in [0, 0.1) is 5.92 Å². The van der Waals surface area contributed by atoms with Crippen LogP contribution < -0.4 is 0 Å². The fraction of sp³-hybridized carbons (Fsp3) is 0.864. The average Bonchev–Trinajstić information content (AvgIpc) is 3.44. The summed E-state index contributed by atoms with van der Waals surface area (Å²) in [6.07, 6.45) is 9.49. The molecule has 0 bridgehead atoms. The van der Waals surface area contributed by atoms with E-state index in [1.807, 2.05) is 4.68 Å². The number of ether oxygens (including phenoxy) is 1. The molecule has 2 aliphatic rings. The zero-order chi connectivity index (χ0) is 21.2. The number of hydrogen-bond donors (Lipinski definition) is 0.